The third-order valence-electron chi connectivity index (χ3n) is 2.91. The van der Waals surface area contributed by atoms with Crippen molar-refractivity contribution in [3.05, 3.63) is 0 Å². The Morgan fingerprint density at radius 3 is 1.56 bits per heavy atom. The number of hydrogen-bond donors (Lipinski definition) is 4. The van der Waals surface area contributed by atoms with Gasteiger partial charge in [0.1, 0.15) is 0 Å². The highest BCUT2D eigenvalue weighted by Gasteiger charge is 2.18. The second kappa shape index (κ2) is 8.86. The van der Waals surface area contributed by atoms with Crippen molar-refractivity contribution in [2.45, 2.75) is 90.4 Å². The van der Waals surface area contributed by atoms with Crippen LogP contribution in [0.4, 0.5) is 0 Å². The van der Waals surface area contributed by atoms with Crippen LogP contribution in [0.2, 0.25) is 0 Å². The van der Waals surface area contributed by atoms with Gasteiger partial charge in [0.25, 0.3) is 0 Å². The van der Waals surface area contributed by atoms with E-state index in [9.17, 15) is 0 Å². The molecular weight excluding hydrogens is 224 g/mol. The van der Waals surface area contributed by atoms with Gasteiger partial charge in [0, 0.05) is 23.2 Å². The Balaban J connectivity index is 0. The highest BCUT2D eigenvalue weighted by atomic mass is 14.8. The molecule has 0 saturated heterocycles. The quantitative estimate of drug-likeness (QED) is 0.583. The van der Waals surface area contributed by atoms with E-state index in [0.717, 1.165) is 25.7 Å². The molecule has 0 rings (SSSR count). The molecule has 0 aliphatic heterocycles. The third-order valence-corrected chi connectivity index (χ3v) is 2.91. The average Bonchev–Trinajstić information content (AvgIpc) is 2.14. The van der Waals surface area contributed by atoms with E-state index in [2.05, 4.69) is 20.8 Å². The Morgan fingerprint density at radius 1 is 0.944 bits per heavy atom. The van der Waals surface area contributed by atoms with E-state index in [4.69, 9.17) is 22.9 Å². The summed E-state index contributed by atoms with van der Waals surface area (Å²) in [5, 5.41) is 0. The molecule has 0 aromatic carbocycles. The number of hydrogen-bond acceptors (Lipinski definition) is 4. The molecule has 0 heterocycles. The fourth-order valence-corrected chi connectivity index (χ4v) is 1.72. The second-order valence-electron chi connectivity index (χ2n) is 6.55. The normalized spacial score (nSPS) is 18.3. The molecule has 8 N–H and O–H groups in total. The molecule has 112 valence electrons. The molecule has 0 spiro atoms. The van der Waals surface area contributed by atoms with Crippen LogP contribution in [0.1, 0.15) is 67.2 Å². The minimum atomic E-state index is -0.103. The Morgan fingerprint density at radius 2 is 1.39 bits per heavy atom. The molecule has 3 unspecified atom stereocenters. The Bertz CT molecular complexity index is 194. The van der Waals surface area contributed by atoms with Crippen LogP contribution >= 0.6 is 0 Å². The summed E-state index contributed by atoms with van der Waals surface area (Å²) in [6, 6.07) is 0.491. The molecule has 0 radical (unpaired) electrons. The van der Waals surface area contributed by atoms with Crippen LogP contribution in [-0.2, 0) is 0 Å². The molecule has 18 heavy (non-hydrogen) atoms. The molecule has 0 aromatic rings. The zero-order valence-electron chi connectivity index (χ0n) is 13.3. The van der Waals surface area contributed by atoms with Crippen molar-refractivity contribution in [3.8, 4) is 0 Å². The monoisotopic (exact) mass is 260 g/mol. The number of rotatable bonds is 6. The van der Waals surface area contributed by atoms with E-state index in [1.165, 1.54) is 0 Å². The van der Waals surface area contributed by atoms with Crippen molar-refractivity contribution in [2.24, 2.45) is 22.9 Å². The van der Waals surface area contributed by atoms with Gasteiger partial charge in [0.15, 0.2) is 0 Å². The van der Waals surface area contributed by atoms with Gasteiger partial charge in [-0.25, -0.2) is 0 Å². The van der Waals surface area contributed by atoms with Crippen LogP contribution in [0.25, 0.3) is 0 Å². The van der Waals surface area contributed by atoms with Crippen LogP contribution in [-0.4, -0.2) is 23.2 Å². The summed E-state index contributed by atoms with van der Waals surface area (Å²) in [5.74, 6) is 0. The van der Waals surface area contributed by atoms with Gasteiger partial charge >= 0.3 is 0 Å². The van der Waals surface area contributed by atoms with Crippen molar-refractivity contribution >= 4 is 0 Å². The summed E-state index contributed by atoms with van der Waals surface area (Å²) in [4.78, 5) is 0. The lowest BCUT2D eigenvalue weighted by Gasteiger charge is -2.25. The van der Waals surface area contributed by atoms with E-state index in [1.54, 1.807) is 0 Å². The van der Waals surface area contributed by atoms with Gasteiger partial charge in [-0.2, -0.15) is 0 Å². The van der Waals surface area contributed by atoms with Crippen LogP contribution in [0, 0.1) is 0 Å². The minimum absolute atomic E-state index is 0.0601. The van der Waals surface area contributed by atoms with Crippen LogP contribution in [0.15, 0.2) is 0 Å². The first kappa shape index (κ1) is 20.2. The predicted octanol–water partition coefficient (Wildman–Crippen LogP) is 1.70. The summed E-state index contributed by atoms with van der Waals surface area (Å²) in [6.07, 6.45) is 3.83. The molecule has 0 aliphatic carbocycles. The van der Waals surface area contributed by atoms with E-state index < -0.39 is 0 Å². The van der Waals surface area contributed by atoms with E-state index in [1.807, 2.05) is 20.8 Å². The first-order chi connectivity index (χ1) is 7.93. The molecule has 0 bridgehead atoms. The summed E-state index contributed by atoms with van der Waals surface area (Å²) in [5.41, 5.74) is 22.7. The van der Waals surface area contributed by atoms with E-state index in [0.29, 0.717) is 0 Å². The predicted molar refractivity (Wildman–Crippen MR) is 82.3 cm³/mol. The standard InChI is InChI=1S/C8H20N2.C6H16N2/c1-4-7(9)6-8(3,10)5-2;1-5(7)4-6(2,3)8/h7H,4-6,9-10H2,1-3H3;5H,4,7-8H2,1-3H3. The topological polar surface area (TPSA) is 104 Å². The molecule has 3 atom stereocenters. The molecule has 4 nitrogen and oxygen atoms in total. The maximum Gasteiger partial charge on any atom is 0.0138 e. The largest absolute Gasteiger partial charge is 0.328 e. The maximum absolute atomic E-state index is 5.91. The molecule has 0 amide bonds. The highest BCUT2D eigenvalue weighted by Crippen LogP contribution is 2.13. The van der Waals surface area contributed by atoms with E-state index >= 15 is 0 Å². The Labute approximate surface area is 114 Å². The Kier molecular flexibility index (Phi) is 9.92. The average molecular weight is 260 g/mol. The van der Waals surface area contributed by atoms with Crippen LogP contribution < -0.4 is 22.9 Å². The van der Waals surface area contributed by atoms with Crippen molar-refractivity contribution in [2.75, 3.05) is 0 Å². The molecular formula is C14H36N4. The highest BCUT2D eigenvalue weighted by molar-refractivity contribution is 4.81. The lowest BCUT2D eigenvalue weighted by molar-refractivity contribution is 0.373. The van der Waals surface area contributed by atoms with Crippen molar-refractivity contribution in [3.63, 3.8) is 0 Å². The van der Waals surface area contributed by atoms with Crippen molar-refractivity contribution in [1.29, 1.82) is 0 Å². The second-order valence-corrected chi connectivity index (χ2v) is 6.55. The first-order valence-corrected chi connectivity index (χ1v) is 7.02. The molecule has 4 heteroatoms. The summed E-state index contributed by atoms with van der Waals surface area (Å²) in [7, 11) is 0. The van der Waals surface area contributed by atoms with Crippen molar-refractivity contribution < 1.29 is 0 Å². The SMILES string of the molecule is CC(N)CC(C)(C)N.CCC(N)CC(C)(N)CC. The summed E-state index contributed by atoms with van der Waals surface area (Å²) >= 11 is 0. The zero-order chi connectivity index (χ0) is 15.0. The van der Waals surface area contributed by atoms with Crippen LogP contribution in [0.3, 0.4) is 0 Å². The number of nitrogens with two attached hydrogens (primary N) is 4. The van der Waals surface area contributed by atoms with Gasteiger partial charge in [0.2, 0.25) is 0 Å². The lowest BCUT2D eigenvalue weighted by atomic mass is 9.91. The Hall–Kier alpha value is -0.160. The van der Waals surface area contributed by atoms with Crippen LogP contribution in [0.5, 0.6) is 0 Å². The van der Waals surface area contributed by atoms with Gasteiger partial charge in [-0.1, -0.05) is 13.8 Å². The van der Waals surface area contributed by atoms with E-state index in [-0.39, 0.29) is 23.2 Å². The molecule has 0 fully saturated rings. The smallest absolute Gasteiger partial charge is 0.0138 e. The molecule has 0 saturated carbocycles. The fraction of sp³-hybridized carbons (Fsp3) is 1.00. The van der Waals surface area contributed by atoms with Gasteiger partial charge in [-0.3, -0.25) is 0 Å². The molecule has 0 aromatic heterocycles. The fourth-order valence-electron chi connectivity index (χ4n) is 1.72. The van der Waals surface area contributed by atoms with Gasteiger partial charge in [-0.05, 0) is 53.4 Å². The van der Waals surface area contributed by atoms with Gasteiger partial charge in [-0.15, -0.1) is 0 Å². The third kappa shape index (κ3) is 15.8. The van der Waals surface area contributed by atoms with Crippen molar-refractivity contribution in [1.82, 2.24) is 0 Å². The first-order valence-electron chi connectivity index (χ1n) is 7.02. The summed E-state index contributed by atoms with van der Waals surface area (Å²) < 4.78 is 0. The minimum Gasteiger partial charge on any atom is -0.328 e. The van der Waals surface area contributed by atoms with Gasteiger partial charge < -0.3 is 22.9 Å². The maximum atomic E-state index is 5.91. The zero-order valence-corrected chi connectivity index (χ0v) is 13.3. The summed E-state index contributed by atoms with van der Waals surface area (Å²) in [6.45, 7) is 12.2. The van der Waals surface area contributed by atoms with Gasteiger partial charge in [0.05, 0.1) is 0 Å². The molecule has 0 aliphatic rings. The lowest BCUT2D eigenvalue weighted by Crippen LogP contribution is -2.41.